The Morgan fingerprint density at radius 1 is 1.32 bits per heavy atom. The lowest BCUT2D eigenvalue weighted by Crippen LogP contribution is -2.18. The van der Waals surface area contributed by atoms with Crippen molar-refractivity contribution < 1.29 is 14.3 Å². The molecular formula is C23H24Cl2N4O3S2. The number of rotatable bonds is 7. The summed E-state index contributed by atoms with van der Waals surface area (Å²) in [4.78, 5) is 26.6. The molecule has 1 amide bonds. The Kier molecular flexibility index (Phi) is 7.87. The predicted octanol–water partition coefficient (Wildman–Crippen LogP) is 5.88. The summed E-state index contributed by atoms with van der Waals surface area (Å²) < 4.78 is 7.06. The van der Waals surface area contributed by atoms with Gasteiger partial charge in [-0.15, -0.1) is 21.5 Å². The minimum atomic E-state index is -0.379. The zero-order valence-electron chi connectivity index (χ0n) is 19.0. The number of amides is 1. The first-order valence-electron chi connectivity index (χ1n) is 10.9. The van der Waals surface area contributed by atoms with Gasteiger partial charge < -0.3 is 14.6 Å². The molecule has 1 N–H and O–H groups in total. The van der Waals surface area contributed by atoms with Crippen LogP contribution in [-0.4, -0.2) is 39.0 Å². The second-order valence-corrected chi connectivity index (χ2v) is 11.0. The fraction of sp³-hybridized carbons (Fsp3) is 0.391. The van der Waals surface area contributed by atoms with Gasteiger partial charge in [-0.3, -0.25) is 4.79 Å². The number of fused-ring (bicyclic) bond motifs is 1. The zero-order valence-corrected chi connectivity index (χ0v) is 22.1. The minimum absolute atomic E-state index is 0.113. The van der Waals surface area contributed by atoms with Crippen molar-refractivity contribution in [1.82, 2.24) is 14.8 Å². The molecule has 7 nitrogen and oxygen atoms in total. The van der Waals surface area contributed by atoms with E-state index in [2.05, 4.69) is 22.4 Å². The normalized spacial score (nSPS) is 15.1. The highest BCUT2D eigenvalue weighted by molar-refractivity contribution is 7.99. The molecule has 3 aromatic rings. The van der Waals surface area contributed by atoms with E-state index < -0.39 is 0 Å². The van der Waals surface area contributed by atoms with Crippen LogP contribution in [0.1, 0.15) is 41.1 Å². The highest BCUT2D eigenvalue weighted by Gasteiger charge is 2.29. The Hall–Kier alpha value is -2.07. The van der Waals surface area contributed by atoms with Gasteiger partial charge in [0, 0.05) is 22.5 Å². The molecule has 180 valence electrons. The first-order chi connectivity index (χ1) is 16.3. The van der Waals surface area contributed by atoms with Gasteiger partial charge in [0.05, 0.1) is 22.9 Å². The van der Waals surface area contributed by atoms with Gasteiger partial charge in [0.2, 0.25) is 5.91 Å². The van der Waals surface area contributed by atoms with Gasteiger partial charge in [-0.1, -0.05) is 41.9 Å². The summed E-state index contributed by atoms with van der Waals surface area (Å²) in [7, 11) is 1.81. The van der Waals surface area contributed by atoms with Gasteiger partial charge in [0.1, 0.15) is 5.00 Å². The Balaban J connectivity index is 1.48. The lowest BCUT2D eigenvalue weighted by molar-refractivity contribution is -0.113. The average molecular weight is 540 g/mol. The third-order valence-electron chi connectivity index (χ3n) is 5.58. The number of nitrogens with zero attached hydrogens (tertiary/aromatic N) is 3. The maximum Gasteiger partial charge on any atom is 0.341 e. The highest BCUT2D eigenvalue weighted by atomic mass is 35.5. The second kappa shape index (κ2) is 10.7. The number of ether oxygens (including phenoxy) is 1. The first-order valence-corrected chi connectivity index (χ1v) is 13.4. The lowest BCUT2D eigenvalue weighted by atomic mass is 9.88. The van der Waals surface area contributed by atoms with Crippen molar-refractivity contribution >= 4 is 63.2 Å². The molecule has 1 aliphatic rings. The highest BCUT2D eigenvalue weighted by Crippen LogP contribution is 2.40. The van der Waals surface area contributed by atoms with E-state index in [1.165, 1.54) is 23.1 Å². The quantitative estimate of drug-likeness (QED) is 0.298. The summed E-state index contributed by atoms with van der Waals surface area (Å²) >= 11 is 15.0. The Labute approximate surface area is 216 Å². The third kappa shape index (κ3) is 5.27. The van der Waals surface area contributed by atoms with Crippen molar-refractivity contribution in [3.05, 3.63) is 44.2 Å². The van der Waals surface area contributed by atoms with Crippen LogP contribution in [0.2, 0.25) is 10.0 Å². The summed E-state index contributed by atoms with van der Waals surface area (Å²) in [5.41, 5.74) is 2.22. The molecule has 1 atom stereocenters. The number of anilines is 1. The number of esters is 1. The largest absolute Gasteiger partial charge is 0.462 e. The van der Waals surface area contributed by atoms with Gasteiger partial charge in [0.25, 0.3) is 0 Å². The van der Waals surface area contributed by atoms with Crippen LogP contribution in [0.5, 0.6) is 0 Å². The summed E-state index contributed by atoms with van der Waals surface area (Å²) in [6.45, 7) is 4.27. The number of nitrogens with one attached hydrogen (secondary N) is 1. The molecular weight excluding hydrogens is 515 g/mol. The number of benzene rings is 1. The van der Waals surface area contributed by atoms with Crippen LogP contribution in [0.3, 0.4) is 0 Å². The van der Waals surface area contributed by atoms with Crippen LogP contribution >= 0.6 is 46.3 Å². The number of hydrogen-bond acceptors (Lipinski definition) is 7. The van der Waals surface area contributed by atoms with E-state index in [1.807, 2.05) is 7.05 Å². The SMILES string of the molecule is CCOC(=O)c1c(NC(=O)CSc2nnc(-c3ccc(Cl)cc3Cl)n2C)sc2c1CCC(C)C2. The van der Waals surface area contributed by atoms with Gasteiger partial charge in [0.15, 0.2) is 11.0 Å². The first kappa shape index (κ1) is 25.0. The lowest BCUT2D eigenvalue weighted by Gasteiger charge is -2.18. The Morgan fingerprint density at radius 2 is 2.12 bits per heavy atom. The number of halogens is 2. The molecule has 1 unspecified atom stereocenters. The molecule has 0 radical (unpaired) electrons. The number of thioether (sulfide) groups is 1. The van der Waals surface area contributed by atoms with Gasteiger partial charge in [-0.25, -0.2) is 4.79 Å². The van der Waals surface area contributed by atoms with Crippen LogP contribution in [0.4, 0.5) is 5.00 Å². The summed E-state index contributed by atoms with van der Waals surface area (Å²) in [5, 5.41) is 13.5. The van der Waals surface area contributed by atoms with E-state index in [0.29, 0.717) is 43.1 Å². The van der Waals surface area contributed by atoms with Crippen molar-refractivity contribution in [2.75, 3.05) is 17.7 Å². The van der Waals surface area contributed by atoms with Crippen molar-refractivity contribution in [1.29, 1.82) is 0 Å². The molecule has 34 heavy (non-hydrogen) atoms. The fourth-order valence-electron chi connectivity index (χ4n) is 3.90. The molecule has 0 bridgehead atoms. The van der Waals surface area contributed by atoms with Gasteiger partial charge >= 0.3 is 5.97 Å². The summed E-state index contributed by atoms with van der Waals surface area (Å²) in [6.07, 6.45) is 2.75. The Morgan fingerprint density at radius 3 is 2.85 bits per heavy atom. The van der Waals surface area contributed by atoms with Crippen molar-refractivity contribution in [3.63, 3.8) is 0 Å². The zero-order chi connectivity index (χ0) is 24.4. The minimum Gasteiger partial charge on any atom is -0.462 e. The topological polar surface area (TPSA) is 86.1 Å². The maximum absolute atomic E-state index is 12.8. The van der Waals surface area contributed by atoms with E-state index in [9.17, 15) is 9.59 Å². The number of thiophene rings is 1. The molecule has 0 saturated heterocycles. The molecule has 0 saturated carbocycles. The predicted molar refractivity (Wildman–Crippen MR) is 137 cm³/mol. The fourth-order valence-corrected chi connectivity index (χ4v) is 6.52. The second-order valence-electron chi connectivity index (χ2n) is 8.10. The number of carbonyl (C=O) groups is 2. The van der Waals surface area contributed by atoms with E-state index in [1.54, 1.807) is 29.7 Å². The summed E-state index contributed by atoms with van der Waals surface area (Å²) in [5.74, 6) is 0.641. The van der Waals surface area contributed by atoms with E-state index in [4.69, 9.17) is 27.9 Å². The third-order valence-corrected chi connectivity index (χ3v) is 8.32. The van der Waals surface area contributed by atoms with E-state index >= 15 is 0 Å². The molecule has 0 fully saturated rings. The monoisotopic (exact) mass is 538 g/mol. The van der Waals surface area contributed by atoms with Crippen molar-refractivity contribution in [3.8, 4) is 11.4 Å². The number of aromatic nitrogens is 3. The number of hydrogen-bond donors (Lipinski definition) is 1. The van der Waals surface area contributed by atoms with Crippen molar-refractivity contribution in [2.45, 2.75) is 38.3 Å². The molecule has 4 rings (SSSR count). The average Bonchev–Trinajstić information content (AvgIpc) is 3.32. The van der Waals surface area contributed by atoms with Crippen LogP contribution in [0.15, 0.2) is 23.4 Å². The standard InChI is InChI=1S/C23H24Cl2N4O3S2/c1-4-32-22(31)19-15-7-5-12(2)9-17(15)34-21(19)26-18(30)11-33-23-28-27-20(29(23)3)14-8-6-13(24)10-16(14)25/h6,8,10,12H,4-5,7,9,11H2,1-3H3,(H,26,30). The van der Waals surface area contributed by atoms with Gasteiger partial charge in [-0.05, 0) is 55.9 Å². The molecule has 1 aromatic carbocycles. The van der Waals surface area contributed by atoms with E-state index in [0.717, 1.165) is 29.7 Å². The smallest absolute Gasteiger partial charge is 0.341 e. The molecule has 2 heterocycles. The van der Waals surface area contributed by atoms with Crippen LogP contribution < -0.4 is 5.32 Å². The van der Waals surface area contributed by atoms with Crippen LogP contribution in [0.25, 0.3) is 11.4 Å². The molecule has 0 aliphatic heterocycles. The summed E-state index contributed by atoms with van der Waals surface area (Å²) in [6, 6.07) is 5.17. The molecule has 1 aliphatic carbocycles. The molecule has 11 heteroatoms. The molecule has 0 spiro atoms. The maximum atomic E-state index is 12.8. The van der Waals surface area contributed by atoms with Crippen molar-refractivity contribution in [2.24, 2.45) is 13.0 Å². The van der Waals surface area contributed by atoms with Gasteiger partial charge in [-0.2, -0.15) is 0 Å². The Bertz CT molecular complexity index is 1240. The van der Waals surface area contributed by atoms with Crippen LogP contribution in [-0.2, 0) is 29.4 Å². The van der Waals surface area contributed by atoms with Crippen LogP contribution in [0, 0.1) is 5.92 Å². The molecule has 2 aromatic heterocycles. The number of carbonyl (C=O) groups excluding carboxylic acids is 2. The van der Waals surface area contributed by atoms with E-state index in [-0.39, 0.29) is 24.2 Å².